The van der Waals surface area contributed by atoms with Gasteiger partial charge in [-0.2, -0.15) is 0 Å². The van der Waals surface area contributed by atoms with Gasteiger partial charge >= 0.3 is 5.97 Å². The molecule has 0 saturated heterocycles. The van der Waals surface area contributed by atoms with Gasteiger partial charge in [0.05, 0.1) is 31.3 Å². The molecule has 7 nitrogen and oxygen atoms in total. The number of furan rings is 1. The first-order chi connectivity index (χ1) is 16.8. The molecule has 1 aromatic heterocycles. The number of Topliss-reactive ketones (excluding diaryl/α,β-unsaturated/α-hetero) is 1. The van der Waals surface area contributed by atoms with Gasteiger partial charge in [-0.3, -0.25) is 4.79 Å². The highest BCUT2D eigenvalue weighted by atomic mass is 16.6. The van der Waals surface area contributed by atoms with Crippen molar-refractivity contribution in [1.29, 1.82) is 0 Å². The number of nitrogens with one attached hydrogen (secondary N) is 1. The molecule has 4 rings (SSSR count). The number of ketones is 1. The van der Waals surface area contributed by atoms with Crippen LogP contribution in [-0.2, 0) is 19.1 Å². The molecule has 1 aliphatic heterocycles. The zero-order valence-electron chi connectivity index (χ0n) is 21.0. The molecule has 1 N–H and O–H groups in total. The van der Waals surface area contributed by atoms with E-state index >= 15 is 0 Å². The van der Waals surface area contributed by atoms with Crippen LogP contribution in [0.25, 0.3) is 0 Å². The number of hydrogen-bond acceptors (Lipinski definition) is 7. The van der Waals surface area contributed by atoms with Crippen LogP contribution in [0.15, 0.2) is 63.4 Å². The smallest absolute Gasteiger partial charge is 0.336 e. The highest BCUT2D eigenvalue weighted by Gasteiger charge is 2.42. The van der Waals surface area contributed by atoms with Gasteiger partial charge in [-0.05, 0) is 69.9 Å². The highest BCUT2D eigenvalue weighted by Crippen LogP contribution is 2.46. The van der Waals surface area contributed by atoms with Crippen molar-refractivity contribution in [3.05, 3.63) is 76.0 Å². The highest BCUT2D eigenvalue weighted by molar-refractivity contribution is 6.04. The number of allylic oxidation sites excluding steroid dienone is 3. The number of rotatable bonds is 8. The molecule has 2 aliphatic rings. The van der Waals surface area contributed by atoms with Crippen molar-refractivity contribution in [3.8, 4) is 5.75 Å². The van der Waals surface area contributed by atoms with Crippen molar-refractivity contribution in [2.75, 3.05) is 20.3 Å². The van der Waals surface area contributed by atoms with Gasteiger partial charge in [-0.1, -0.05) is 12.1 Å². The van der Waals surface area contributed by atoms with E-state index in [0.717, 1.165) is 17.0 Å². The fourth-order valence-electron chi connectivity index (χ4n) is 4.83. The molecule has 1 aliphatic carbocycles. The lowest BCUT2D eigenvalue weighted by Crippen LogP contribution is -2.36. The number of esters is 1. The van der Waals surface area contributed by atoms with Crippen LogP contribution in [0.1, 0.15) is 62.5 Å². The van der Waals surface area contributed by atoms with E-state index in [-0.39, 0.29) is 24.4 Å². The monoisotopic (exact) mass is 479 g/mol. The minimum atomic E-state index is -0.614. The predicted molar refractivity (Wildman–Crippen MR) is 131 cm³/mol. The van der Waals surface area contributed by atoms with Crippen molar-refractivity contribution in [3.63, 3.8) is 0 Å². The Bertz CT molecular complexity index is 1170. The molecule has 0 amide bonds. The maximum atomic E-state index is 13.6. The Morgan fingerprint density at radius 1 is 1.14 bits per heavy atom. The molecular weight excluding hydrogens is 446 g/mol. The fourth-order valence-corrected chi connectivity index (χ4v) is 4.83. The Labute approximate surface area is 206 Å². The number of carbonyl (C=O) groups is 2. The second-order valence-corrected chi connectivity index (χ2v) is 9.30. The molecule has 2 aromatic rings. The summed E-state index contributed by atoms with van der Waals surface area (Å²) in [5, 5.41) is 3.36. The third kappa shape index (κ3) is 5.35. The van der Waals surface area contributed by atoms with E-state index in [4.69, 9.17) is 18.6 Å². The van der Waals surface area contributed by atoms with Crippen molar-refractivity contribution >= 4 is 11.8 Å². The Balaban J connectivity index is 1.66. The lowest BCUT2D eigenvalue weighted by Gasteiger charge is -2.35. The quantitative estimate of drug-likeness (QED) is 0.424. The third-order valence-corrected chi connectivity index (χ3v) is 6.43. The van der Waals surface area contributed by atoms with Gasteiger partial charge in [-0.25, -0.2) is 4.79 Å². The molecule has 1 aromatic carbocycles. The molecule has 0 bridgehead atoms. The average molecular weight is 480 g/mol. The van der Waals surface area contributed by atoms with Crippen molar-refractivity contribution < 1.29 is 28.2 Å². The van der Waals surface area contributed by atoms with Crippen LogP contribution in [0, 0.1) is 6.92 Å². The van der Waals surface area contributed by atoms with Crippen LogP contribution >= 0.6 is 0 Å². The van der Waals surface area contributed by atoms with Crippen LogP contribution in [0.4, 0.5) is 0 Å². The van der Waals surface area contributed by atoms with E-state index < -0.39 is 11.9 Å². The Morgan fingerprint density at radius 2 is 1.94 bits per heavy atom. The minimum absolute atomic E-state index is 0.00781. The molecule has 2 unspecified atom stereocenters. The Hall–Kier alpha value is -3.32. The summed E-state index contributed by atoms with van der Waals surface area (Å²) in [6, 6.07) is 11.5. The molecule has 0 saturated carbocycles. The summed E-state index contributed by atoms with van der Waals surface area (Å²) >= 11 is 0. The molecule has 0 spiro atoms. The van der Waals surface area contributed by atoms with Gasteiger partial charge in [0.25, 0.3) is 0 Å². The number of benzene rings is 1. The van der Waals surface area contributed by atoms with Gasteiger partial charge in [-0.15, -0.1) is 0 Å². The van der Waals surface area contributed by atoms with E-state index in [1.807, 2.05) is 64.1 Å². The average Bonchev–Trinajstić information content (AvgIpc) is 3.26. The van der Waals surface area contributed by atoms with E-state index in [1.165, 1.54) is 0 Å². The summed E-state index contributed by atoms with van der Waals surface area (Å²) in [4.78, 5) is 26.8. The van der Waals surface area contributed by atoms with Crippen LogP contribution in [-0.4, -0.2) is 38.2 Å². The van der Waals surface area contributed by atoms with Gasteiger partial charge in [0.2, 0.25) is 0 Å². The van der Waals surface area contributed by atoms with Crippen molar-refractivity contribution in [2.45, 2.75) is 58.5 Å². The molecule has 0 radical (unpaired) electrons. The van der Waals surface area contributed by atoms with Gasteiger partial charge in [0.1, 0.15) is 23.9 Å². The standard InChI is InChI=1S/C28H33NO6/c1-16(2)33-11-12-34-28(31)25-18(4)29-22-14-20(19-7-6-8-21(13-19)32-5)15-23(30)26(22)27(25)24-10-9-17(3)35-24/h6-10,13,16,20,27,29H,11-12,14-15H2,1-5H3. The van der Waals surface area contributed by atoms with E-state index in [2.05, 4.69) is 5.32 Å². The maximum Gasteiger partial charge on any atom is 0.336 e. The summed E-state index contributed by atoms with van der Waals surface area (Å²) in [6.45, 7) is 7.98. The van der Waals surface area contributed by atoms with Crippen LogP contribution < -0.4 is 10.1 Å². The number of ether oxygens (including phenoxy) is 3. The summed E-state index contributed by atoms with van der Waals surface area (Å²) in [7, 11) is 1.63. The fraction of sp³-hybridized carbons (Fsp3) is 0.429. The number of aryl methyl sites for hydroxylation is 1. The SMILES string of the molecule is COc1cccc(C2CC(=O)C3=C(C2)NC(C)=C(C(=O)OCCOC(C)C)C3c2ccc(C)o2)c1. The molecule has 0 fully saturated rings. The topological polar surface area (TPSA) is 87.0 Å². The predicted octanol–water partition coefficient (Wildman–Crippen LogP) is 4.93. The second kappa shape index (κ2) is 10.5. The largest absolute Gasteiger partial charge is 0.497 e. The molecule has 2 atom stereocenters. The number of methoxy groups -OCH3 is 1. The lowest BCUT2D eigenvalue weighted by molar-refractivity contribution is -0.141. The maximum absolute atomic E-state index is 13.6. The van der Waals surface area contributed by atoms with E-state index in [9.17, 15) is 9.59 Å². The summed E-state index contributed by atoms with van der Waals surface area (Å²) in [5.41, 5.74) is 3.51. The first-order valence-electron chi connectivity index (χ1n) is 12.0. The lowest BCUT2D eigenvalue weighted by atomic mass is 9.73. The first kappa shape index (κ1) is 24.8. The van der Waals surface area contributed by atoms with Gasteiger partial charge in [0, 0.05) is 23.4 Å². The Kier molecular flexibility index (Phi) is 7.45. The van der Waals surface area contributed by atoms with Gasteiger partial charge in [0.15, 0.2) is 5.78 Å². The van der Waals surface area contributed by atoms with Crippen LogP contribution in [0.3, 0.4) is 0 Å². The van der Waals surface area contributed by atoms with Crippen LogP contribution in [0.5, 0.6) is 5.75 Å². The van der Waals surface area contributed by atoms with E-state index in [1.54, 1.807) is 7.11 Å². The van der Waals surface area contributed by atoms with Crippen molar-refractivity contribution in [1.82, 2.24) is 5.32 Å². The van der Waals surface area contributed by atoms with Crippen LogP contribution in [0.2, 0.25) is 0 Å². The third-order valence-electron chi connectivity index (χ3n) is 6.43. The van der Waals surface area contributed by atoms with Gasteiger partial charge < -0.3 is 23.9 Å². The zero-order chi connectivity index (χ0) is 25.1. The number of dihydropyridines is 1. The molecule has 2 heterocycles. The zero-order valence-corrected chi connectivity index (χ0v) is 21.0. The molecule has 35 heavy (non-hydrogen) atoms. The summed E-state index contributed by atoms with van der Waals surface area (Å²) < 4.78 is 22.4. The number of carbonyl (C=O) groups excluding carboxylic acids is 2. The number of hydrogen-bond donors (Lipinski definition) is 1. The normalized spacial score (nSPS) is 20.1. The first-order valence-corrected chi connectivity index (χ1v) is 12.0. The molecular formula is C28H33NO6. The van der Waals surface area contributed by atoms with Crippen molar-refractivity contribution in [2.24, 2.45) is 0 Å². The summed E-state index contributed by atoms with van der Waals surface area (Å²) in [5.74, 6) is 0.956. The molecule has 7 heteroatoms. The Morgan fingerprint density at radius 3 is 2.63 bits per heavy atom. The van der Waals surface area contributed by atoms with E-state index in [0.29, 0.717) is 47.8 Å². The molecule has 186 valence electrons. The summed E-state index contributed by atoms with van der Waals surface area (Å²) in [6.07, 6.45) is 1.04. The minimum Gasteiger partial charge on any atom is -0.497 e. The second-order valence-electron chi connectivity index (χ2n) is 9.30.